The molecule has 3 nitrogen and oxygen atoms in total. The van der Waals surface area contributed by atoms with Crippen molar-refractivity contribution in [2.75, 3.05) is 11.9 Å². The Balaban J connectivity index is 2.11. The lowest BCUT2D eigenvalue weighted by atomic mass is 10.1. The zero-order chi connectivity index (χ0) is 12.1. The molecule has 0 radical (unpaired) electrons. The van der Waals surface area contributed by atoms with E-state index in [9.17, 15) is 0 Å². The smallest absolute Gasteiger partial charge is 0.0992 e. The zero-order valence-corrected chi connectivity index (χ0v) is 10.4. The number of nitrogens with one attached hydrogen (secondary N) is 1. The first-order valence-electron chi connectivity index (χ1n) is 6.08. The van der Waals surface area contributed by atoms with Crippen LogP contribution in [0.2, 0.25) is 0 Å². The van der Waals surface area contributed by atoms with E-state index < -0.39 is 0 Å². The lowest BCUT2D eigenvalue weighted by Crippen LogP contribution is -2.07. The van der Waals surface area contributed by atoms with E-state index in [1.54, 1.807) is 6.20 Å². The van der Waals surface area contributed by atoms with E-state index in [-0.39, 0.29) is 0 Å². The van der Waals surface area contributed by atoms with Crippen LogP contribution < -0.4 is 5.32 Å². The van der Waals surface area contributed by atoms with Crippen LogP contribution >= 0.6 is 0 Å². The largest absolute Gasteiger partial charge is 0.383 e. The average molecular weight is 229 g/mol. The number of anilines is 1. The van der Waals surface area contributed by atoms with Crippen molar-refractivity contribution < 1.29 is 0 Å². The normalized spacial score (nSPS) is 10.8. The fourth-order valence-electron chi connectivity index (χ4n) is 1.75. The maximum atomic E-state index is 4.08. The lowest BCUT2D eigenvalue weighted by molar-refractivity contribution is 0.607. The molecule has 2 aromatic rings. The number of nitrogens with zero attached hydrogens (tertiary/aromatic N) is 2. The Morgan fingerprint density at radius 2 is 2.12 bits per heavy atom. The highest BCUT2D eigenvalue weighted by atomic mass is 15.0. The Labute approximate surface area is 103 Å². The molecule has 90 valence electrons. The van der Waals surface area contributed by atoms with Crippen molar-refractivity contribution in [2.24, 2.45) is 5.92 Å². The van der Waals surface area contributed by atoms with Gasteiger partial charge in [-0.2, -0.15) is 0 Å². The number of para-hydroxylation sites is 2. The van der Waals surface area contributed by atoms with Crippen LogP contribution in [0, 0.1) is 5.92 Å². The fourth-order valence-corrected chi connectivity index (χ4v) is 1.75. The van der Waals surface area contributed by atoms with Crippen molar-refractivity contribution in [1.82, 2.24) is 9.55 Å². The molecular weight excluding hydrogens is 210 g/mol. The van der Waals surface area contributed by atoms with Gasteiger partial charge in [0.25, 0.3) is 0 Å². The molecule has 17 heavy (non-hydrogen) atoms. The van der Waals surface area contributed by atoms with Gasteiger partial charge in [0.2, 0.25) is 0 Å². The molecule has 3 heteroatoms. The predicted molar refractivity (Wildman–Crippen MR) is 71.5 cm³/mol. The van der Waals surface area contributed by atoms with Crippen LogP contribution in [-0.4, -0.2) is 16.1 Å². The van der Waals surface area contributed by atoms with Crippen molar-refractivity contribution in [3.63, 3.8) is 0 Å². The molecule has 2 rings (SSSR count). The van der Waals surface area contributed by atoms with E-state index in [0.29, 0.717) is 0 Å². The van der Waals surface area contributed by atoms with Gasteiger partial charge in [-0.3, -0.25) is 0 Å². The third kappa shape index (κ3) is 3.09. The molecule has 0 unspecified atom stereocenters. The highest BCUT2D eigenvalue weighted by molar-refractivity contribution is 5.60. The van der Waals surface area contributed by atoms with Crippen molar-refractivity contribution in [3.8, 4) is 5.69 Å². The second-order valence-corrected chi connectivity index (χ2v) is 4.60. The van der Waals surface area contributed by atoms with Crippen LogP contribution in [0.5, 0.6) is 0 Å². The Kier molecular flexibility index (Phi) is 3.81. The first-order chi connectivity index (χ1) is 8.27. The Morgan fingerprint density at radius 1 is 1.29 bits per heavy atom. The van der Waals surface area contributed by atoms with Crippen LogP contribution in [0.4, 0.5) is 5.69 Å². The fraction of sp³-hybridized carbons (Fsp3) is 0.357. The summed E-state index contributed by atoms with van der Waals surface area (Å²) in [5, 5.41) is 3.48. The van der Waals surface area contributed by atoms with E-state index in [1.165, 1.54) is 6.42 Å². The number of benzene rings is 1. The van der Waals surface area contributed by atoms with Crippen LogP contribution in [-0.2, 0) is 0 Å². The summed E-state index contributed by atoms with van der Waals surface area (Å²) in [5.41, 5.74) is 2.31. The monoisotopic (exact) mass is 229 g/mol. The molecular formula is C14H19N3. The number of imidazole rings is 1. The summed E-state index contributed by atoms with van der Waals surface area (Å²) in [4.78, 5) is 4.08. The molecule has 1 aromatic heterocycles. The molecule has 1 heterocycles. The number of aromatic nitrogens is 2. The van der Waals surface area contributed by atoms with Gasteiger partial charge in [-0.1, -0.05) is 26.0 Å². The molecule has 1 N–H and O–H groups in total. The summed E-state index contributed by atoms with van der Waals surface area (Å²) in [6, 6.07) is 8.30. The van der Waals surface area contributed by atoms with Gasteiger partial charge >= 0.3 is 0 Å². The standard InChI is InChI=1S/C14H19N3/c1-12(2)7-8-16-13-5-3-4-6-14(13)17-10-9-15-11-17/h3-6,9-12,16H,7-8H2,1-2H3. The molecule has 0 saturated heterocycles. The molecule has 0 aliphatic heterocycles. The second-order valence-electron chi connectivity index (χ2n) is 4.60. The van der Waals surface area contributed by atoms with Gasteiger partial charge in [0.05, 0.1) is 17.7 Å². The summed E-state index contributed by atoms with van der Waals surface area (Å²) in [5.74, 6) is 0.725. The maximum absolute atomic E-state index is 4.08. The van der Waals surface area contributed by atoms with Crippen LogP contribution in [0.25, 0.3) is 5.69 Å². The van der Waals surface area contributed by atoms with Crippen molar-refractivity contribution >= 4 is 5.69 Å². The molecule has 0 spiro atoms. The Morgan fingerprint density at radius 3 is 2.82 bits per heavy atom. The number of rotatable bonds is 5. The minimum absolute atomic E-state index is 0.725. The van der Waals surface area contributed by atoms with E-state index in [1.807, 2.05) is 23.2 Å². The van der Waals surface area contributed by atoms with Gasteiger partial charge in [-0.25, -0.2) is 4.98 Å². The summed E-state index contributed by atoms with van der Waals surface area (Å²) in [7, 11) is 0. The van der Waals surface area contributed by atoms with Gasteiger partial charge in [-0.15, -0.1) is 0 Å². The van der Waals surface area contributed by atoms with Crippen LogP contribution in [0.3, 0.4) is 0 Å². The number of hydrogen-bond acceptors (Lipinski definition) is 2. The molecule has 0 atom stereocenters. The van der Waals surface area contributed by atoms with Crippen LogP contribution in [0.1, 0.15) is 20.3 Å². The van der Waals surface area contributed by atoms with Gasteiger partial charge in [-0.05, 0) is 24.5 Å². The minimum atomic E-state index is 0.725. The highest BCUT2D eigenvalue weighted by Gasteiger charge is 2.02. The molecule has 0 bridgehead atoms. The Hall–Kier alpha value is -1.77. The van der Waals surface area contributed by atoms with Gasteiger partial charge < -0.3 is 9.88 Å². The van der Waals surface area contributed by atoms with E-state index in [0.717, 1.165) is 23.8 Å². The molecule has 0 fully saturated rings. The summed E-state index contributed by atoms with van der Waals surface area (Å²) in [6.07, 6.45) is 6.76. The second kappa shape index (κ2) is 5.53. The van der Waals surface area contributed by atoms with E-state index >= 15 is 0 Å². The lowest BCUT2D eigenvalue weighted by Gasteiger charge is -2.13. The average Bonchev–Trinajstić information content (AvgIpc) is 2.82. The van der Waals surface area contributed by atoms with Crippen molar-refractivity contribution in [1.29, 1.82) is 0 Å². The third-order valence-electron chi connectivity index (χ3n) is 2.72. The molecule has 0 saturated carbocycles. The van der Waals surface area contributed by atoms with Gasteiger partial charge in [0, 0.05) is 18.9 Å². The highest BCUT2D eigenvalue weighted by Crippen LogP contribution is 2.19. The van der Waals surface area contributed by atoms with Gasteiger partial charge in [0.1, 0.15) is 0 Å². The molecule has 0 aliphatic carbocycles. The SMILES string of the molecule is CC(C)CCNc1ccccc1-n1ccnc1. The molecule has 0 aliphatic rings. The van der Waals surface area contributed by atoms with E-state index in [2.05, 4.69) is 42.3 Å². The van der Waals surface area contributed by atoms with E-state index in [4.69, 9.17) is 0 Å². The van der Waals surface area contributed by atoms with Crippen molar-refractivity contribution in [3.05, 3.63) is 43.0 Å². The summed E-state index contributed by atoms with van der Waals surface area (Å²) < 4.78 is 2.03. The topological polar surface area (TPSA) is 29.9 Å². The summed E-state index contributed by atoms with van der Waals surface area (Å²) >= 11 is 0. The van der Waals surface area contributed by atoms with Gasteiger partial charge in [0.15, 0.2) is 0 Å². The predicted octanol–water partition coefficient (Wildman–Crippen LogP) is 3.33. The first-order valence-corrected chi connectivity index (χ1v) is 6.08. The Bertz CT molecular complexity index is 446. The molecule has 1 aromatic carbocycles. The number of hydrogen-bond donors (Lipinski definition) is 1. The maximum Gasteiger partial charge on any atom is 0.0992 e. The summed E-state index contributed by atoms with van der Waals surface area (Å²) in [6.45, 7) is 5.48. The zero-order valence-electron chi connectivity index (χ0n) is 10.4. The van der Waals surface area contributed by atoms with Crippen LogP contribution in [0.15, 0.2) is 43.0 Å². The quantitative estimate of drug-likeness (QED) is 0.852. The van der Waals surface area contributed by atoms with Crippen molar-refractivity contribution in [2.45, 2.75) is 20.3 Å². The third-order valence-corrected chi connectivity index (χ3v) is 2.72. The molecule has 0 amide bonds. The minimum Gasteiger partial charge on any atom is -0.383 e. The first kappa shape index (κ1) is 11.7.